The number of aromatic nitrogens is 3. The first-order valence-electron chi connectivity index (χ1n) is 8.95. The molecule has 0 spiro atoms. The number of ether oxygens (including phenoxy) is 1. The van der Waals surface area contributed by atoms with Gasteiger partial charge in [-0.1, -0.05) is 55.9 Å². The van der Waals surface area contributed by atoms with Crippen molar-refractivity contribution in [2.45, 2.75) is 51.4 Å². The predicted octanol–water partition coefficient (Wildman–Crippen LogP) is 3.86. The van der Waals surface area contributed by atoms with Crippen LogP contribution in [0.25, 0.3) is 0 Å². The van der Waals surface area contributed by atoms with Gasteiger partial charge < -0.3 is 10.1 Å². The zero-order chi connectivity index (χ0) is 19.6. The molecule has 0 saturated heterocycles. The van der Waals surface area contributed by atoms with Crippen molar-refractivity contribution in [1.29, 1.82) is 0 Å². The molecule has 0 bridgehead atoms. The summed E-state index contributed by atoms with van der Waals surface area (Å²) >= 11 is 1.59. The molecule has 2 aromatic rings. The topological polar surface area (TPSA) is 81.4 Å². The molecule has 0 fully saturated rings. The Morgan fingerprint density at radius 3 is 2.56 bits per heavy atom. The van der Waals surface area contributed by atoms with Crippen LogP contribution in [0, 0.1) is 5.92 Å². The molecule has 7 nitrogen and oxygen atoms in total. The molecule has 1 unspecified atom stereocenters. The van der Waals surface area contributed by atoms with Crippen LogP contribution in [0.5, 0.6) is 0 Å². The molecule has 1 aromatic heterocycles. The second kappa shape index (κ2) is 7.72. The van der Waals surface area contributed by atoms with Gasteiger partial charge in [0.05, 0.1) is 11.8 Å². The number of hydrogen-bond donors (Lipinski definition) is 1. The van der Waals surface area contributed by atoms with Crippen LogP contribution in [0.4, 0.5) is 4.79 Å². The Morgan fingerprint density at radius 2 is 1.93 bits per heavy atom. The molecule has 1 aliphatic heterocycles. The fourth-order valence-electron chi connectivity index (χ4n) is 2.67. The van der Waals surface area contributed by atoms with Gasteiger partial charge in [-0.25, -0.2) is 4.79 Å². The zero-order valence-corrected chi connectivity index (χ0v) is 17.1. The number of nitrogens with zero attached hydrogens (tertiary/aromatic N) is 4. The molecule has 0 aliphatic carbocycles. The minimum Gasteiger partial charge on any atom is -0.444 e. The molecular weight excluding hydrogens is 362 g/mol. The summed E-state index contributed by atoms with van der Waals surface area (Å²) in [5.74, 6) is 1.42. The lowest BCUT2D eigenvalue weighted by Gasteiger charge is -2.25. The van der Waals surface area contributed by atoms with Crippen LogP contribution < -0.4 is 5.32 Å². The molecule has 8 heteroatoms. The van der Waals surface area contributed by atoms with Gasteiger partial charge in [-0.15, -0.1) is 10.2 Å². The first kappa shape index (κ1) is 19.4. The molecule has 144 valence electrons. The molecule has 1 amide bonds. The average molecular weight is 388 g/mol. The van der Waals surface area contributed by atoms with E-state index in [9.17, 15) is 4.79 Å². The zero-order valence-electron chi connectivity index (χ0n) is 16.3. The molecule has 1 aromatic carbocycles. The van der Waals surface area contributed by atoms with Gasteiger partial charge in [0.25, 0.3) is 0 Å². The lowest BCUT2D eigenvalue weighted by atomic mass is 10.0. The number of hydrogen-bond acceptors (Lipinski definition) is 6. The first-order chi connectivity index (χ1) is 12.7. The van der Waals surface area contributed by atoms with Crippen LogP contribution in [0.1, 0.15) is 52.0 Å². The molecule has 1 atom stereocenters. The van der Waals surface area contributed by atoms with E-state index >= 15 is 0 Å². The third-order valence-corrected chi connectivity index (χ3v) is 4.85. The van der Waals surface area contributed by atoms with Crippen LogP contribution in [0.2, 0.25) is 0 Å². The number of nitrogens with one attached hydrogen (secondary N) is 1. The van der Waals surface area contributed by atoms with Crippen molar-refractivity contribution in [3.63, 3.8) is 0 Å². The number of amides is 1. The summed E-state index contributed by atoms with van der Waals surface area (Å²) in [6.45, 7) is 9.54. The number of benzene rings is 1. The summed E-state index contributed by atoms with van der Waals surface area (Å²) in [6.07, 6.45) is -0.478. The molecular formula is C19H25N5O2S. The molecule has 3 rings (SSSR count). The third kappa shape index (κ3) is 4.68. The number of thioether (sulfide) groups is 1. The van der Waals surface area contributed by atoms with E-state index in [1.54, 1.807) is 16.4 Å². The van der Waals surface area contributed by atoms with E-state index in [1.165, 1.54) is 0 Å². The number of alkyl carbamates (subject to hydrolysis) is 1. The van der Waals surface area contributed by atoms with Crippen molar-refractivity contribution >= 4 is 23.6 Å². The highest BCUT2D eigenvalue weighted by Crippen LogP contribution is 2.29. The van der Waals surface area contributed by atoms with Gasteiger partial charge in [0.1, 0.15) is 5.60 Å². The van der Waals surface area contributed by atoms with Crippen molar-refractivity contribution in [1.82, 2.24) is 20.2 Å². The first-order valence-corrected chi connectivity index (χ1v) is 9.94. The number of carbonyl (C=O) groups is 1. The SMILES string of the molecule is CC(C)C(NC(=O)OC(C)(C)C)c1nnc2n1N=C(c1ccccc1)CS2. The summed E-state index contributed by atoms with van der Waals surface area (Å²) in [5.41, 5.74) is 1.45. The Hall–Kier alpha value is -2.35. The smallest absolute Gasteiger partial charge is 0.408 e. The summed E-state index contributed by atoms with van der Waals surface area (Å²) in [4.78, 5) is 12.3. The monoisotopic (exact) mass is 387 g/mol. The molecule has 1 N–H and O–H groups in total. The maximum Gasteiger partial charge on any atom is 0.408 e. The number of rotatable bonds is 4. The quantitative estimate of drug-likeness (QED) is 0.861. The van der Waals surface area contributed by atoms with Crippen LogP contribution in [-0.2, 0) is 4.74 Å². The lowest BCUT2D eigenvalue weighted by Crippen LogP contribution is -2.38. The van der Waals surface area contributed by atoms with E-state index in [4.69, 9.17) is 9.84 Å². The average Bonchev–Trinajstić information content (AvgIpc) is 3.01. The fourth-order valence-corrected chi connectivity index (χ4v) is 3.52. The lowest BCUT2D eigenvalue weighted by molar-refractivity contribution is 0.0485. The minimum absolute atomic E-state index is 0.0909. The van der Waals surface area contributed by atoms with Crippen molar-refractivity contribution < 1.29 is 9.53 Å². The summed E-state index contributed by atoms with van der Waals surface area (Å²) in [7, 11) is 0. The highest BCUT2D eigenvalue weighted by atomic mass is 32.2. The Kier molecular flexibility index (Phi) is 5.55. The van der Waals surface area contributed by atoms with Gasteiger partial charge in [-0.05, 0) is 32.3 Å². The van der Waals surface area contributed by atoms with E-state index in [-0.39, 0.29) is 12.0 Å². The second-order valence-electron chi connectivity index (χ2n) is 7.72. The van der Waals surface area contributed by atoms with Crippen LogP contribution >= 0.6 is 11.8 Å². The van der Waals surface area contributed by atoms with E-state index in [1.807, 2.05) is 65.0 Å². The van der Waals surface area contributed by atoms with Crippen LogP contribution in [-0.4, -0.2) is 38.0 Å². The predicted molar refractivity (Wildman–Crippen MR) is 106 cm³/mol. The van der Waals surface area contributed by atoms with Crippen molar-refractivity contribution in [2.75, 3.05) is 5.75 Å². The Balaban J connectivity index is 1.90. The Morgan fingerprint density at radius 1 is 1.22 bits per heavy atom. The van der Waals surface area contributed by atoms with Gasteiger partial charge in [0, 0.05) is 5.75 Å². The largest absolute Gasteiger partial charge is 0.444 e. The third-order valence-electron chi connectivity index (χ3n) is 3.92. The second-order valence-corrected chi connectivity index (χ2v) is 8.66. The van der Waals surface area contributed by atoms with Gasteiger partial charge in [0.2, 0.25) is 5.16 Å². The maximum absolute atomic E-state index is 12.3. The highest BCUT2D eigenvalue weighted by molar-refractivity contribution is 7.99. The Bertz CT molecular complexity index is 840. The summed E-state index contributed by atoms with van der Waals surface area (Å²) in [5, 5.41) is 17.0. The summed E-state index contributed by atoms with van der Waals surface area (Å²) < 4.78 is 7.14. The normalized spacial score (nSPS) is 15.1. The van der Waals surface area contributed by atoms with Gasteiger partial charge in [0.15, 0.2) is 5.82 Å². The van der Waals surface area contributed by atoms with Crippen molar-refractivity contribution in [3.05, 3.63) is 41.7 Å². The van der Waals surface area contributed by atoms with E-state index in [0.717, 1.165) is 22.2 Å². The fraction of sp³-hybridized carbons (Fsp3) is 0.474. The molecule has 0 radical (unpaired) electrons. The van der Waals surface area contributed by atoms with Crippen molar-refractivity contribution in [3.8, 4) is 0 Å². The van der Waals surface area contributed by atoms with Gasteiger partial charge in [-0.2, -0.15) is 9.78 Å². The van der Waals surface area contributed by atoms with Crippen LogP contribution in [0.3, 0.4) is 0 Å². The molecule has 27 heavy (non-hydrogen) atoms. The molecule has 2 heterocycles. The van der Waals surface area contributed by atoms with Gasteiger partial charge >= 0.3 is 6.09 Å². The summed E-state index contributed by atoms with van der Waals surface area (Å²) in [6, 6.07) is 9.68. The van der Waals surface area contributed by atoms with E-state index < -0.39 is 11.7 Å². The Labute approximate surface area is 163 Å². The molecule has 0 saturated carbocycles. The standard InChI is InChI=1S/C19H25N5O2S/c1-12(2)15(20-18(25)26-19(3,4)5)16-21-22-17-24(16)23-14(11-27-17)13-9-7-6-8-10-13/h6-10,12,15H,11H2,1-5H3,(H,20,25). The van der Waals surface area contributed by atoms with Gasteiger partial charge in [-0.3, -0.25) is 0 Å². The van der Waals surface area contributed by atoms with Crippen molar-refractivity contribution in [2.24, 2.45) is 11.0 Å². The molecule has 1 aliphatic rings. The number of fused-ring (bicyclic) bond motifs is 1. The number of carbonyl (C=O) groups excluding carboxylic acids is 1. The minimum atomic E-state index is -0.565. The van der Waals surface area contributed by atoms with Crippen LogP contribution in [0.15, 0.2) is 40.6 Å². The van der Waals surface area contributed by atoms with E-state index in [2.05, 4.69) is 15.5 Å². The maximum atomic E-state index is 12.3. The van der Waals surface area contributed by atoms with E-state index in [0.29, 0.717) is 5.82 Å². The highest BCUT2D eigenvalue weighted by Gasteiger charge is 2.30.